The molecule has 2 aromatic carbocycles. The molecule has 0 saturated carbocycles. The molecule has 2 unspecified atom stereocenters. The first kappa shape index (κ1) is 28.0. The molecule has 6 nitrogen and oxygen atoms in total. The molecule has 1 aliphatic rings. The molecule has 0 radical (unpaired) electrons. The van der Waals surface area contributed by atoms with Crippen LogP contribution >= 0.6 is 11.3 Å². The van der Waals surface area contributed by atoms with Gasteiger partial charge < -0.3 is 20.7 Å². The number of benzene rings is 2. The summed E-state index contributed by atoms with van der Waals surface area (Å²) >= 11 is 1.16. The Kier molecular flexibility index (Phi) is 8.11. The third-order valence-corrected chi connectivity index (χ3v) is 8.57. The summed E-state index contributed by atoms with van der Waals surface area (Å²) in [7, 11) is -2.02. The summed E-state index contributed by atoms with van der Waals surface area (Å²) in [5, 5.41) is 3.46. The van der Waals surface area contributed by atoms with E-state index in [1.54, 1.807) is 24.3 Å². The highest BCUT2D eigenvalue weighted by atomic mass is 32.2. The van der Waals surface area contributed by atoms with Gasteiger partial charge in [-0.2, -0.15) is 13.2 Å². The van der Waals surface area contributed by atoms with Gasteiger partial charge >= 0.3 is 6.18 Å². The molecule has 204 valence electrons. The number of nitrogens with one attached hydrogen (secondary N) is 1. The first-order chi connectivity index (χ1) is 17.9. The van der Waals surface area contributed by atoms with E-state index in [4.69, 9.17) is 10.5 Å². The predicted molar refractivity (Wildman–Crippen MR) is 143 cm³/mol. The summed E-state index contributed by atoms with van der Waals surface area (Å²) < 4.78 is 84.3. The monoisotopic (exact) mass is 569 g/mol. The van der Waals surface area contributed by atoms with Crippen LogP contribution in [0, 0.1) is 11.8 Å². The van der Waals surface area contributed by atoms with E-state index < -0.39 is 34.6 Å². The number of methoxy groups -OCH3 is 1. The lowest BCUT2D eigenvalue weighted by molar-refractivity contribution is -0.126. The molecule has 1 aliphatic heterocycles. The average molecular weight is 570 g/mol. The molecule has 1 fully saturated rings. The minimum absolute atomic E-state index is 0.0781. The van der Waals surface area contributed by atoms with Crippen molar-refractivity contribution >= 4 is 42.6 Å². The summed E-state index contributed by atoms with van der Waals surface area (Å²) in [4.78, 5) is 2.21. The molecule has 0 bridgehead atoms. The van der Waals surface area contributed by atoms with Crippen LogP contribution in [-0.2, 0) is 16.3 Å². The fraction of sp³-hybridized carbons (Fsp3) is 0.385. The number of alkyl halides is 4. The first-order valence-corrected chi connectivity index (χ1v) is 14.4. The number of nitrogens with two attached hydrogens (primary N) is 1. The first-order valence-electron chi connectivity index (χ1n) is 11.7. The zero-order valence-electron chi connectivity index (χ0n) is 20.7. The van der Waals surface area contributed by atoms with E-state index in [2.05, 4.69) is 17.2 Å². The largest absolute Gasteiger partial charge is 0.495 e. The van der Waals surface area contributed by atoms with E-state index in [0.29, 0.717) is 40.2 Å². The molecule has 0 amide bonds. The Morgan fingerprint density at radius 2 is 2.03 bits per heavy atom. The van der Waals surface area contributed by atoms with Crippen molar-refractivity contribution in [2.75, 3.05) is 43.2 Å². The molecule has 0 aliphatic carbocycles. The molecule has 1 saturated heterocycles. The second kappa shape index (κ2) is 11.0. The molecule has 12 heteroatoms. The van der Waals surface area contributed by atoms with Gasteiger partial charge in [0, 0.05) is 24.9 Å². The van der Waals surface area contributed by atoms with Crippen LogP contribution in [-0.4, -0.2) is 59.8 Å². The number of halogens is 4. The normalized spacial score (nSPS) is 18.2. The molecule has 38 heavy (non-hydrogen) atoms. The van der Waals surface area contributed by atoms with Gasteiger partial charge in [0.1, 0.15) is 11.9 Å². The fourth-order valence-corrected chi connectivity index (χ4v) is 6.21. The summed E-state index contributed by atoms with van der Waals surface area (Å²) in [6.45, 7) is 0.671. The number of rotatable bonds is 6. The van der Waals surface area contributed by atoms with Crippen LogP contribution < -0.4 is 20.7 Å². The summed E-state index contributed by atoms with van der Waals surface area (Å²) in [6, 6.07) is 8.90. The molecule has 3 aromatic rings. The molecule has 4 rings (SSSR count). The smallest absolute Gasteiger partial charge is 0.393 e. The third-order valence-electron chi connectivity index (χ3n) is 6.28. The van der Waals surface area contributed by atoms with E-state index in [1.807, 2.05) is 4.90 Å². The standard InChI is InChI=1S/C26H27F4N3O3S2/c1-36-23-13-16(38(2,34)35)8-9-21(23)32-11-4-7-24-18(14-26(28,29)30)17-5-3-6-22(25(17)37-24)33-12-10-20(31)19(27)15-33/h3,5-6,8-9,13,19-20,32H,10-12,14-15,31H2,1-2H3. The number of fused-ring (bicyclic) bond motifs is 1. The molecule has 0 spiro atoms. The molecule has 2 heterocycles. The van der Waals surface area contributed by atoms with E-state index in [9.17, 15) is 26.0 Å². The lowest BCUT2D eigenvalue weighted by Crippen LogP contribution is -2.48. The Bertz CT molecular complexity index is 1490. The minimum atomic E-state index is -4.44. The fourth-order valence-electron chi connectivity index (χ4n) is 4.34. The van der Waals surface area contributed by atoms with Gasteiger partial charge in [0.25, 0.3) is 0 Å². The number of hydrogen-bond donors (Lipinski definition) is 2. The highest BCUT2D eigenvalue weighted by Gasteiger charge is 2.32. The number of hydrogen-bond acceptors (Lipinski definition) is 7. The van der Waals surface area contributed by atoms with Crippen molar-refractivity contribution in [1.29, 1.82) is 0 Å². The van der Waals surface area contributed by atoms with Gasteiger partial charge in [-0.05, 0) is 35.6 Å². The van der Waals surface area contributed by atoms with Gasteiger partial charge in [0.2, 0.25) is 0 Å². The number of piperidine rings is 1. The maximum Gasteiger partial charge on any atom is 0.393 e. The van der Waals surface area contributed by atoms with Crippen LogP contribution in [0.5, 0.6) is 5.75 Å². The topological polar surface area (TPSA) is 84.7 Å². The molecular weight excluding hydrogens is 542 g/mol. The van der Waals surface area contributed by atoms with Crippen LogP contribution in [0.3, 0.4) is 0 Å². The summed E-state index contributed by atoms with van der Waals surface area (Å²) in [5.74, 6) is 6.03. The van der Waals surface area contributed by atoms with Gasteiger partial charge in [-0.25, -0.2) is 12.8 Å². The quantitative estimate of drug-likeness (QED) is 0.329. The lowest BCUT2D eigenvalue weighted by atomic mass is 10.0. The van der Waals surface area contributed by atoms with E-state index in [0.717, 1.165) is 17.6 Å². The maximum atomic E-state index is 14.3. The van der Waals surface area contributed by atoms with Crippen LogP contribution in [0.25, 0.3) is 10.1 Å². The van der Waals surface area contributed by atoms with Gasteiger partial charge in [-0.3, -0.25) is 0 Å². The number of ether oxygens (including phenoxy) is 1. The lowest BCUT2D eigenvalue weighted by Gasteiger charge is -2.34. The highest BCUT2D eigenvalue weighted by Crippen LogP contribution is 2.41. The van der Waals surface area contributed by atoms with Crippen molar-refractivity contribution in [1.82, 2.24) is 0 Å². The van der Waals surface area contributed by atoms with E-state index in [1.165, 1.54) is 19.2 Å². The zero-order valence-corrected chi connectivity index (χ0v) is 22.4. The molecule has 2 atom stereocenters. The van der Waals surface area contributed by atoms with Crippen LogP contribution in [0.1, 0.15) is 16.9 Å². The van der Waals surface area contributed by atoms with Crippen molar-refractivity contribution in [3.05, 3.63) is 46.8 Å². The highest BCUT2D eigenvalue weighted by molar-refractivity contribution is 7.90. The van der Waals surface area contributed by atoms with Crippen LogP contribution in [0.4, 0.5) is 28.9 Å². The van der Waals surface area contributed by atoms with Crippen molar-refractivity contribution < 1.29 is 30.7 Å². The molecular formula is C26H27F4N3O3S2. The van der Waals surface area contributed by atoms with Gasteiger partial charge in [-0.1, -0.05) is 24.0 Å². The van der Waals surface area contributed by atoms with Crippen LogP contribution in [0.15, 0.2) is 41.3 Å². The Labute approximate surface area is 222 Å². The van der Waals surface area contributed by atoms with Crippen molar-refractivity contribution in [3.8, 4) is 17.6 Å². The van der Waals surface area contributed by atoms with Gasteiger partial charge in [0.05, 0.1) is 52.5 Å². The Hall–Kier alpha value is -3.01. The number of nitrogens with zero attached hydrogens (tertiary/aromatic N) is 1. The number of thiophene rings is 1. The Balaban J connectivity index is 1.64. The van der Waals surface area contributed by atoms with Gasteiger partial charge in [0.15, 0.2) is 9.84 Å². The third kappa shape index (κ3) is 6.34. The minimum Gasteiger partial charge on any atom is -0.495 e. The maximum absolute atomic E-state index is 14.3. The summed E-state index contributed by atoms with van der Waals surface area (Å²) in [6.07, 6.45) is -5.25. The van der Waals surface area contributed by atoms with Crippen molar-refractivity contribution in [2.45, 2.75) is 36.1 Å². The zero-order chi connectivity index (χ0) is 27.7. The SMILES string of the molecule is COc1cc(S(C)(=O)=O)ccc1NCC#Cc1sc2c(N3CCC(N)C(F)C3)cccc2c1CC(F)(F)F. The van der Waals surface area contributed by atoms with E-state index >= 15 is 0 Å². The van der Waals surface area contributed by atoms with Gasteiger partial charge in [-0.15, -0.1) is 11.3 Å². The van der Waals surface area contributed by atoms with Crippen molar-refractivity contribution in [2.24, 2.45) is 5.73 Å². The van der Waals surface area contributed by atoms with E-state index in [-0.39, 0.29) is 28.4 Å². The number of sulfone groups is 1. The second-order valence-electron chi connectivity index (χ2n) is 9.06. The molecule has 3 N–H and O–H groups in total. The predicted octanol–water partition coefficient (Wildman–Crippen LogP) is 4.76. The Morgan fingerprint density at radius 3 is 2.68 bits per heavy atom. The van der Waals surface area contributed by atoms with Crippen LogP contribution in [0.2, 0.25) is 0 Å². The Morgan fingerprint density at radius 1 is 1.26 bits per heavy atom. The molecule has 1 aromatic heterocycles. The number of anilines is 2. The summed E-state index contributed by atoms with van der Waals surface area (Å²) in [5.41, 5.74) is 7.06. The van der Waals surface area contributed by atoms with Crippen molar-refractivity contribution in [3.63, 3.8) is 0 Å². The second-order valence-corrected chi connectivity index (χ2v) is 12.1. The average Bonchev–Trinajstić information content (AvgIpc) is 3.18.